The van der Waals surface area contributed by atoms with E-state index in [1.54, 1.807) is 0 Å². The summed E-state index contributed by atoms with van der Waals surface area (Å²) in [6, 6.07) is 0. The second-order valence-electron chi connectivity index (χ2n) is 4.13. The van der Waals surface area contributed by atoms with Crippen molar-refractivity contribution in [1.29, 1.82) is 0 Å². The van der Waals surface area contributed by atoms with Gasteiger partial charge in [0, 0.05) is 19.0 Å². The smallest absolute Gasteiger partial charge is 0.223 e. The van der Waals surface area contributed by atoms with Crippen molar-refractivity contribution in [2.45, 2.75) is 32.6 Å². The SMILES string of the molecule is CCCCS(=O)(=O)NCCNC(=O)C1CC1. The average molecular weight is 248 g/mol. The second kappa shape index (κ2) is 6.20. The van der Waals surface area contributed by atoms with Crippen molar-refractivity contribution in [2.24, 2.45) is 5.92 Å². The predicted molar refractivity (Wildman–Crippen MR) is 62.4 cm³/mol. The molecule has 0 heterocycles. The first-order valence-electron chi connectivity index (χ1n) is 5.80. The highest BCUT2D eigenvalue weighted by Gasteiger charge is 2.29. The summed E-state index contributed by atoms with van der Waals surface area (Å²) in [6.07, 6.45) is 3.46. The lowest BCUT2D eigenvalue weighted by atomic mass is 10.4. The third kappa shape index (κ3) is 5.46. The van der Waals surface area contributed by atoms with Crippen molar-refractivity contribution in [3.8, 4) is 0 Å². The van der Waals surface area contributed by atoms with E-state index in [4.69, 9.17) is 0 Å². The van der Waals surface area contributed by atoms with Crippen LogP contribution in [0.25, 0.3) is 0 Å². The van der Waals surface area contributed by atoms with Crippen LogP contribution in [0.5, 0.6) is 0 Å². The molecule has 0 radical (unpaired) electrons. The van der Waals surface area contributed by atoms with Gasteiger partial charge in [0.15, 0.2) is 0 Å². The number of hydrogen-bond acceptors (Lipinski definition) is 3. The Balaban J connectivity index is 2.07. The Hall–Kier alpha value is -0.620. The minimum atomic E-state index is -3.15. The van der Waals surface area contributed by atoms with E-state index in [0.29, 0.717) is 13.0 Å². The van der Waals surface area contributed by atoms with Crippen LogP contribution >= 0.6 is 0 Å². The zero-order valence-corrected chi connectivity index (χ0v) is 10.5. The molecule has 0 atom stereocenters. The minimum Gasteiger partial charge on any atom is -0.355 e. The number of carbonyl (C=O) groups is 1. The van der Waals surface area contributed by atoms with Gasteiger partial charge in [-0.25, -0.2) is 13.1 Å². The van der Waals surface area contributed by atoms with E-state index in [9.17, 15) is 13.2 Å². The Morgan fingerprint density at radius 2 is 2.00 bits per heavy atom. The van der Waals surface area contributed by atoms with Gasteiger partial charge in [-0.05, 0) is 19.3 Å². The molecule has 0 aromatic carbocycles. The minimum absolute atomic E-state index is 0.0488. The van der Waals surface area contributed by atoms with Crippen molar-refractivity contribution in [1.82, 2.24) is 10.0 Å². The lowest BCUT2D eigenvalue weighted by molar-refractivity contribution is -0.122. The first kappa shape index (κ1) is 13.4. The molecule has 1 fully saturated rings. The molecular weight excluding hydrogens is 228 g/mol. The largest absolute Gasteiger partial charge is 0.355 e. The number of sulfonamides is 1. The van der Waals surface area contributed by atoms with Gasteiger partial charge in [0.1, 0.15) is 0 Å². The standard InChI is InChI=1S/C10H20N2O3S/c1-2-3-8-16(14,15)12-7-6-11-10(13)9-4-5-9/h9,12H,2-8H2,1H3,(H,11,13). The van der Waals surface area contributed by atoms with Gasteiger partial charge in [-0.1, -0.05) is 13.3 Å². The number of nitrogens with one attached hydrogen (secondary N) is 2. The Bertz CT molecular complexity index is 323. The number of rotatable bonds is 8. The summed E-state index contributed by atoms with van der Waals surface area (Å²) in [5.41, 5.74) is 0. The van der Waals surface area contributed by atoms with Gasteiger partial charge < -0.3 is 5.32 Å². The summed E-state index contributed by atoms with van der Waals surface area (Å²) < 4.78 is 25.2. The lowest BCUT2D eigenvalue weighted by Gasteiger charge is -2.07. The third-order valence-corrected chi connectivity index (χ3v) is 3.93. The maximum absolute atomic E-state index is 11.4. The second-order valence-corrected chi connectivity index (χ2v) is 6.06. The van der Waals surface area contributed by atoms with E-state index in [2.05, 4.69) is 10.0 Å². The van der Waals surface area contributed by atoms with Crippen molar-refractivity contribution in [3.63, 3.8) is 0 Å². The fraction of sp³-hybridized carbons (Fsp3) is 0.900. The Morgan fingerprint density at radius 3 is 2.56 bits per heavy atom. The van der Waals surface area contributed by atoms with E-state index < -0.39 is 10.0 Å². The molecule has 0 aliphatic heterocycles. The molecule has 2 N–H and O–H groups in total. The quantitative estimate of drug-likeness (QED) is 0.604. The Labute approximate surface area is 97.0 Å². The molecule has 0 saturated heterocycles. The molecule has 1 aliphatic rings. The van der Waals surface area contributed by atoms with Crippen molar-refractivity contribution in [3.05, 3.63) is 0 Å². The van der Waals surface area contributed by atoms with Gasteiger partial charge in [-0.3, -0.25) is 4.79 Å². The normalized spacial score (nSPS) is 16.1. The van der Waals surface area contributed by atoms with Crippen LogP contribution in [0.4, 0.5) is 0 Å². The molecule has 5 nitrogen and oxygen atoms in total. The summed E-state index contributed by atoms with van der Waals surface area (Å²) in [5.74, 6) is 0.393. The van der Waals surface area contributed by atoms with Gasteiger partial charge in [-0.15, -0.1) is 0 Å². The summed E-state index contributed by atoms with van der Waals surface area (Å²) in [4.78, 5) is 11.2. The first-order valence-corrected chi connectivity index (χ1v) is 7.45. The zero-order chi connectivity index (χ0) is 12.0. The molecule has 16 heavy (non-hydrogen) atoms. The number of carbonyl (C=O) groups excluding carboxylic acids is 1. The van der Waals surface area contributed by atoms with Crippen LogP contribution in [-0.2, 0) is 14.8 Å². The van der Waals surface area contributed by atoms with Crippen LogP contribution in [0.3, 0.4) is 0 Å². The summed E-state index contributed by atoms with van der Waals surface area (Å²) in [5, 5.41) is 2.71. The molecule has 0 bridgehead atoms. The van der Waals surface area contributed by atoms with E-state index in [-0.39, 0.29) is 24.1 Å². The summed E-state index contributed by atoms with van der Waals surface area (Å²) >= 11 is 0. The molecule has 0 spiro atoms. The predicted octanol–water partition coefficient (Wildman–Crippen LogP) is 0.232. The number of amides is 1. The highest BCUT2D eigenvalue weighted by Crippen LogP contribution is 2.28. The topological polar surface area (TPSA) is 75.3 Å². The zero-order valence-electron chi connectivity index (χ0n) is 9.66. The van der Waals surface area contributed by atoms with E-state index in [0.717, 1.165) is 19.3 Å². The molecule has 0 aromatic rings. The molecule has 1 rings (SSSR count). The third-order valence-electron chi connectivity index (χ3n) is 2.46. The van der Waals surface area contributed by atoms with Crippen LogP contribution in [-0.4, -0.2) is 33.2 Å². The maximum Gasteiger partial charge on any atom is 0.223 e. The molecule has 94 valence electrons. The van der Waals surface area contributed by atoms with Crippen molar-refractivity contribution < 1.29 is 13.2 Å². The Kier molecular flexibility index (Phi) is 5.21. The van der Waals surface area contributed by atoms with Crippen LogP contribution in [0.15, 0.2) is 0 Å². The molecular formula is C10H20N2O3S. The van der Waals surface area contributed by atoms with Crippen LogP contribution in [0.2, 0.25) is 0 Å². The molecule has 0 unspecified atom stereocenters. The maximum atomic E-state index is 11.4. The molecule has 6 heteroatoms. The van der Waals surface area contributed by atoms with E-state index >= 15 is 0 Å². The van der Waals surface area contributed by atoms with Gasteiger partial charge in [0.25, 0.3) is 0 Å². The van der Waals surface area contributed by atoms with Crippen LogP contribution in [0.1, 0.15) is 32.6 Å². The monoisotopic (exact) mass is 248 g/mol. The summed E-state index contributed by atoms with van der Waals surface area (Å²) in [6.45, 7) is 2.61. The van der Waals surface area contributed by atoms with E-state index in [1.165, 1.54) is 0 Å². The van der Waals surface area contributed by atoms with Gasteiger partial charge in [0.05, 0.1) is 5.75 Å². The molecule has 1 aliphatic carbocycles. The average Bonchev–Trinajstić information content (AvgIpc) is 3.05. The van der Waals surface area contributed by atoms with Crippen LogP contribution in [0, 0.1) is 5.92 Å². The van der Waals surface area contributed by atoms with Crippen molar-refractivity contribution >= 4 is 15.9 Å². The van der Waals surface area contributed by atoms with Crippen molar-refractivity contribution in [2.75, 3.05) is 18.8 Å². The molecule has 0 aromatic heterocycles. The van der Waals surface area contributed by atoms with Gasteiger partial charge in [0.2, 0.25) is 15.9 Å². The van der Waals surface area contributed by atoms with Gasteiger partial charge in [-0.2, -0.15) is 0 Å². The molecule has 1 saturated carbocycles. The fourth-order valence-corrected chi connectivity index (χ4v) is 2.51. The fourth-order valence-electron chi connectivity index (χ4n) is 1.29. The lowest BCUT2D eigenvalue weighted by Crippen LogP contribution is -2.36. The highest BCUT2D eigenvalue weighted by molar-refractivity contribution is 7.89. The van der Waals surface area contributed by atoms with Crippen LogP contribution < -0.4 is 10.0 Å². The van der Waals surface area contributed by atoms with Gasteiger partial charge >= 0.3 is 0 Å². The molecule has 1 amide bonds. The van der Waals surface area contributed by atoms with E-state index in [1.807, 2.05) is 6.92 Å². The number of unbranched alkanes of at least 4 members (excludes halogenated alkanes) is 1. The first-order chi connectivity index (χ1) is 7.55. The highest BCUT2D eigenvalue weighted by atomic mass is 32.2. The summed E-state index contributed by atoms with van der Waals surface area (Å²) in [7, 11) is -3.15. The number of hydrogen-bond donors (Lipinski definition) is 2. The Morgan fingerprint density at radius 1 is 1.31 bits per heavy atom.